The molecule has 0 spiro atoms. The molecule has 2 saturated carbocycles. The molecule has 2 aliphatic carbocycles. The Balaban J connectivity index is 1.32. The van der Waals surface area contributed by atoms with Crippen LogP contribution in [-0.2, 0) is 9.53 Å². The molecule has 3 aliphatic rings. The van der Waals surface area contributed by atoms with E-state index in [0.717, 1.165) is 32.1 Å². The third kappa shape index (κ3) is 3.80. The van der Waals surface area contributed by atoms with E-state index in [0.29, 0.717) is 41.5 Å². The third-order valence-electron chi connectivity index (χ3n) is 6.07. The minimum atomic E-state index is -0.300. The highest BCUT2D eigenvalue weighted by Gasteiger charge is 2.37. The van der Waals surface area contributed by atoms with Gasteiger partial charge in [0.25, 0.3) is 0 Å². The largest absolute Gasteiger partial charge is 0.374 e. The van der Waals surface area contributed by atoms with Gasteiger partial charge in [0, 0.05) is 12.6 Å². The molecular formula is C21H25FN4O2S. The Bertz CT molecular complexity index is 899. The Labute approximate surface area is 173 Å². The van der Waals surface area contributed by atoms with Gasteiger partial charge in [-0.3, -0.25) is 9.36 Å². The number of benzene rings is 1. The SMILES string of the molecule is O=C(CSc1nnc(-c2ccccc2F)n1C1CC1)N1CCOC2CCCCC21. The molecule has 8 heteroatoms. The van der Waals surface area contributed by atoms with Crippen molar-refractivity contribution in [1.82, 2.24) is 19.7 Å². The second kappa shape index (κ2) is 8.07. The van der Waals surface area contributed by atoms with Gasteiger partial charge >= 0.3 is 0 Å². The summed E-state index contributed by atoms with van der Waals surface area (Å²) in [6.45, 7) is 1.28. The van der Waals surface area contributed by atoms with Crippen LogP contribution in [0.2, 0.25) is 0 Å². The third-order valence-corrected chi connectivity index (χ3v) is 7.00. The maximum atomic E-state index is 14.3. The predicted octanol–water partition coefficient (Wildman–Crippen LogP) is 3.68. The van der Waals surface area contributed by atoms with Crippen LogP contribution in [0.25, 0.3) is 11.4 Å². The van der Waals surface area contributed by atoms with Gasteiger partial charge in [-0.05, 0) is 37.8 Å². The van der Waals surface area contributed by atoms with Gasteiger partial charge in [0.2, 0.25) is 5.91 Å². The maximum Gasteiger partial charge on any atom is 0.233 e. The number of morpholine rings is 1. The molecule has 2 heterocycles. The van der Waals surface area contributed by atoms with Gasteiger partial charge in [-0.2, -0.15) is 0 Å². The predicted molar refractivity (Wildman–Crippen MR) is 108 cm³/mol. The van der Waals surface area contributed by atoms with Crippen molar-refractivity contribution >= 4 is 17.7 Å². The Morgan fingerprint density at radius 3 is 2.83 bits per heavy atom. The Kier molecular flexibility index (Phi) is 5.30. The molecule has 1 amide bonds. The molecule has 2 aromatic rings. The molecule has 3 fully saturated rings. The molecule has 154 valence electrons. The number of aromatic nitrogens is 3. The maximum absolute atomic E-state index is 14.3. The van der Waals surface area contributed by atoms with Crippen LogP contribution < -0.4 is 0 Å². The highest BCUT2D eigenvalue weighted by Crippen LogP contribution is 2.41. The van der Waals surface area contributed by atoms with Crippen molar-refractivity contribution in [3.05, 3.63) is 30.1 Å². The Morgan fingerprint density at radius 1 is 1.17 bits per heavy atom. The lowest BCUT2D eigenvalue weighted by Gasteiger charge is -2.43. The lowest BCUT2D eigenvalue weighted by atomic mass is 9.90. The van der Waals surface area contributed by atoms with Crippen molar-refractivity contribution < 1.29 is 13.9 Å². The van der Waals surface area contributed by atoms with E-state index in [1.165, 1.54) is 24.2 Å². The number of rotatable bonds is 5. The minimum Gasteiger partial charge on any atom is -0.374 e. The molecule has 29 heavy (non-hydrogen) atoms. The standard InChI is InChI=1S/C21H25FN4O2S/c22-16-6-2-1-5-15(16)20-23-24-21(26(20)14-9-10-14)29-13-19(27)25-11-12-28-18-8-4-3-7-17(18)25/h1-2,5-6,14,17-18H,3-4,7-13H2. The van der Waals surface area contributed by atoms with Crippen molar-refractivity contribution in [1.29, 1.82) is 0 Å². The van der Waals surface area contributed by atoms with Gasteiger partial charge < -0.3 is 9.64 Å². The van der Waals surface area contributed by atoms with E-state index < -0.39 is 0 Å². The number of nitrogens with zero attached hydrogens (tertiary/aromatic N) is 4. The summed E-state index contributed by atoms with van der Waals surface area (Å²) >= 11 is 1.41. The van der Waals surface area contributed by atoms with Crippen LogP contribution in [0.3, 0.4) is 0 Å². The van der Waals surface area contributed by atoms with Crippen LogP contribution in [0.1, 0.15) is 44.6 Å². The minimum absolute atomic E-state index is 0.132. The number of amides is 1. The molecular weight excluding hydrogens is 391 g/mol. The summed E-state index contributed by atoms with van der Waals surface area (Å²) in [5.41, 5.74) is 0.461. The number of hydrogen-bond acceptors (Lipinski definition) is 5. The number of hydrogen-bond donors (Lipinski definition) is 0. The summed E-state index contributed by atoms with van der Waals surface area (Å²) in [6, 6.07) is 7.15. The molecule has 1 aromatic heterocycles. The number of thioether (sulfide) groups is 1. The van der Waals surface area contributed by atoms with E-state index in [1.807, 2.05) is 9.47 Å². The van der Waals surface area contributed by atoms with Crippen LogP contribution in [-0.4, -0.2) is 56.6 Å². The fourth-order valence-corrected chi connectivity index (χ4v) is 5.37. The summed E-state index contributed by atoms with van der Waals surface area (Å²) < 4.78 is 22.2. The number of ether oxygens (including phenoxy) is 1. The summed E-state index contributed by atoms with van der Waals surface area (Å²) in [6.07, 6.45) is 6.67. The molecule has 0 N–H and O–H groups in total. The smallest absolute Gasteiger partial charge is 0.233 e. The molecule has 1 aliphatic heterocycles. The quantitative estimate of drug-likeness (QED) is 0.696. The molecule has 0 bridgehead atoms. The van der Waals surface area contributed by atoms with Crippen LogP contribution in [0.15, 0.2) is 29.4 Å². The highest BCUT2D eigenvalue weighted by molar-refractivity contribution is 7.99. The summed E-state index contributed by atoms with van der Waals surface area (Å²) in [4.78, 5) is 15.0. The molecule has 6 nitrogen and oxygen atoms in total. The number of halogens is 1. The van der Waals surface area contributed by atoms with E-state index >= 15 is 0 Å². The molecule has 1 aromatic carbocycles. The van der Waals surface area contributed by atoms with Crippen LogP contribution in [0, 0.1) is 5.82 Å². The van der Waals surface area contributed by atoms with Crippen LogP contribution in [0.4, 0.5) is 4.39 Å². The summed E-state index contributed by atoms with van der Waals surface area (Å²) in [5.74, 6) is 0.712. The Morgan fingerprint density at radius 2 is 2.00 bits per heavy atom. The van der Waals surface area contributed by atoms with Crippen molar-refractivity contribution in [3.63, 3.8) is 0 Å². The van der Waals surface area contributed by atoms with Gasteiger partial charge in [0.1, 0.15) is 5.82 Å². The molecule has 2 unspecified atom stereocenters. The van der Waals surface area contributed by atoms with E-state index in [4.69, 9.17) is 4.74 Å². The lowest BCUT2D eigenvalue weighted by molar-refractivity contribution is -0.146. The van der Waals surface area contributed by atoms with Crippen LogP contribution >= 0.6 is 11.8 Å². The van der Waals surface area contributed by atoms with Crippen molar-refractivity contribution in [2.45, 2.75) is 61.9 Å². The first kappa shape index (κ1) is 19.1. The second-order valence-corrected chi connectivity index (χ2v) is 8.97. The highest BCUT2D eigenvalue weighted by atomic mass is 32.2. The topological polar surface area (TPSA) is 60.2 Å². The van der Waals surface area contributed by atoms with Crippen molar-refractivity contribution in [2.75, 3.05) is 18.9 Å². The van der Waals surface area contributed by atoms with E-state index in [9.17, 15) is 9.18 Å². The van der Waals surface area contributed by atoms with Crippen LogP contribution in [0.5, 0.6) is 0 Å². The number of carbonyl (C=O) groups is 1. The fourth-order valence-electron chi connectivity index (χ4n) is 4.48. The van der Waals surface area contributed by atoms with Gasteiger partial charge in [-0.1, -0.05) is 36.7 Å². The molecule has 0 radical (unpaired) electrons. The normalized spacial score (nSPS) is 24.4. The van der Waals surface area contributed by atoms with E-state index in [-0.39, 0.29) is 23.9 Å². The summed E-state index contributed by atoms with van der Waals surface area (Å²) in [5, 5.41) is 9.28. The van der Waals surface area contributed by atoms with Crippen molar-refractivity contribution in [2.24, 2.45) is 0 Å². The Hall–Kier alpha value is -1.93. The molecule has 2 atom stereocenters. The summed E-state index contributed by atoms with van der Waals surface area (Å²) in [7, 11) is 0. The molecule has 5 rings (SSSR count). The van der Waals surface area contributed by atoms with E-state index in [1.54, 1.807) is 18.2 Å². The second-order valence-electron chi connectivity index (χ2n) is 8.02. The van der Waals surface area contributed by atoms with Gasteiger partial charge in [0.05, 0.1) is 30.1 Å². The first-order valence-corrected chi connectivity index (χ1v) is 11.4. The van der Waals surface area contributed by atoms with Gasteiger partial charge in [-0.15, -0.1) is 10.2 Å². The van der Waals surface area contributed by atoms with E-state index in [2.05, 4.69) is 10.2 Å². The first-order valence-electron chi connectivity index (χ1n) is 10.5. The molecule has 1 saturated heterocycles. The van der Waals surface area contributed by atoms with Gasteiger partial charge in [-0.25, -0.2) is 4.39 Å². The van der Waals surface area contributed by atoms with Crippen molar-refractivity contribution in [3.8, 4) is 11.4 Å². The zero-order valence-corrected chi connectivity index (χ0v) is 17.1. The first-order chi connectivity index (χ1) is 14.2. The number of carbonyl (C=O) groups excluding carboxylic acids is 1. The number of fused-ring (bicyclic) bond motifs is 1. The fraction of sp³-hybridized carbons (Fsp3) is 0.571. The zero-order valence-electron chi connectivity index (χ0n) is 16.3. The average Bonchev–Trinajstić information content (AvgIpc) is 3.51. The zero-order chi connectivity index (χ0) is 19.8. The van der Waals surface area contributed by atoms with Gasteiger partial charge in [0.15, 0.2) is 11.0 Å². The average molecular weight is 417 g/mol. The lowest BCUT2D eigenvalue weighted by Crippen LogP contribution is -2.55. The monoisotopic (exact) mass is 416 g/mol.